The number of nitrogens with zero attached hydrogens (tertiary/aromatic N) is 1. The maximum Gasteiger partial charge on any atom is 0.223 e. The van der Waals surface area contributed by atoms with Gasteiger partial charge in [-0.25, -0.2) is 0 Å². The van der Waals surface area contributed by atoms with Crippen molar-refractivity contribution in [3.63, 3.8) is 0 Å². The summed E-state index contributed by atoms with van der Waals surface area (Å²) in [7, 11) is 0. The number of halogens is 1. The number of rotatable bonds is 7. The van der Waals surface area contributed by atoms with Crippen molar-refractivity contribution in [3.8, 4) is 0 Å². The average molecular weight is 373 g/mol. The number of carbonyl (C=O) groups excluding carboxylic acids is 2. The van der Waals surface area contributed by atoms with Crippen LogP contribution in [0.5, 0.6) is 0 Å². The lowest BCUT2D eigenvalue weighted by atomic mass is 10.1. The largest absolute Gasteiger partial charge is 0.356 e. The summed E-state index contributed by atoms with van der Waals surface area (Å²) in [6.07, 6.45) is 1.02. The van der Waals surface area contributed by atoms with E-state index in [4.69, 9.17) is 11.6 Å². The lowest BCUT2D eigenvalue weighted by molar-refractivity contribution is -0.121. The van der Waals surface area contributed by atoms with Crippen LogP contribution in [0, 0.1) is 13.8 Å². The van der Waals surface area contributed by atoms with E-state index in [2.05, 4.69) is 5.32 Å². The SMILES string of the molecule is CC(=O)N(CCC(=O)NCCc1ccc(Cl)cc1)c1c(C)cccc1C. The Labute approximate surface area is 160 Å². The molecule has 0 heterocycles. The van der Waals surface area contributed by atoms with Gasteiger partial charge < -0.3 is 10.2 Å². The third-order valence-electron chi connectivity index (χ3n) is 4.30. The number of hydrogen-bond donors (Lipinski definition) is 1. The van der Waals surface area contributed by atoms with E-state index in [1.54, 1.807) is 4.90 Å². The van der Waals surface area contributed by atoms with Crippen LogP contribution in [-0.4, -0.2) is 24.9 Å². The Hall–Kier alpha value is -2.33. The Kier molecular flexibility index (Phi) is 7.22. The zero-order valence-corrected chi connectivity index (χ0v) is 16.3. The van der Waals surface area contributed by atoms with E-state index in [9.17, 15) is 9.59 Å². The summed E-state index contributed by atoms with van der Waals surface area (Å²) in [5.41, 5.74) is 4.08. The topological polar surface area (TPSA) is 49.4 Å². The molecule has 2 amide bonds. The van der Waals surface area contributed by atoms with E-state index in [1.165, 1.54) is 6.92 Å². The van der Waals surface area contributed by atoms with E-state index in [0.717, 1.165) is 28.8 Å². The van der Waals surface area contributed by atoms with Crippen molar-refractivity contribution >= 4 is 29.1 Å². The van der Waals surface area contributed by atoms with Crippen LogP contribution in [0.4, 0.5) is 5.69 Å². The number of aryl methyl sites for hydroxylation is 2. The molecular weight excluding hydrogens is 348 g/mol. The fourth-order valence-electron chi connectivity index (χ4n) is 2.96. The molecule has 2 rings (SSSR count). The maximum atomic E-state index is 12.1. The smallest absolute Gasteiger partial charge is 0.223 e. The normalized spacial score (nSPS) is 10.5. The summed E-state index contributed by atoms with van der Waals surface area (Å²) in [6, 6.07) is 13.5. The molecule has 2 aromatic carbocycles. The van der Waals surface area contributed by atoms with Crippen LogP contribution in [0.3, 0.4) is 0 Å². The Balaban J connectivity index is 1.87. The van der Waals surface area contributed by atoms with Gasteiger partial charge in [-0.15, -0.1) is 0 Å². The highest BCUT2D eigenvalue weighted by Crippen LogP contribution is 2.24. The molecule has 0 aliphatic carbocycles. The molecule has 1 N–H and O–H groups in total. The Morgan fingerprint density at radius 3 is 2.23 bits per heavy atom. The van der Waals surface area contributed by atoms with Crippen LogP contribution in [-0.2, 0) is 16.0 Å². The quantitative estimate of drug-likeness (QED) is 0.796. The van der Waals surface area contributed by atoms with Gasteiger partial charge in [0.15, 0.2) is 0 Å². The summed E-state index contributed by atoms with van der Waals surface area (Å²) in [6.45, 7) is 6.41. The van der Waals surface area contributed by atoms with Crippen LogP contribution in [0.1, 0.15) is 30.0 Å². The van der Waals surface area contributed by atoms with Crippen LogP contribution in [0.25, 0.3) is 0 Å². The highest BCUT2D eigenvalue weighted by atomic mass is 35.5. The first-order chi connectivity index (χ1) is 12.4. The Morgan fingerprint density at radius 2 is 1.65 bits per heavy atom. The van der Waals surface area contributed by atoms with Crippen molar-refractivity contribution in [2.24, 2.45) is 0 Å². The van der Waals surface area contributed by atoms with Crippen molar-refractivity contribution in [3.05, 3.63) is 64.2 Å². The molecule has 0 spiro atoms. The van der Waals surface area contributed by atoms with E-state index in [0.29, 0.717) is 18.1 Å². The molecule has 0 saturated carbocycles. The molecule has 0 atom stereocenters. The Morgan fingerprint density at radius 1 is 1.04 bits per heavy atom. The van der Waals surface area contributed by atoms with E-state index >= 15 is 0 Å². The monoisotopic (exact) mass is 372 g/mol. The number of carbonyl (C=O) groups is 2. The van der Waals surface area contributed by atoms with Crippen LogP contribution < -0.4 is 10.2 Å². The second-order valence-corrected chi connectivity index (χ2v) is 6.82. The molecule has 26 heavy (non-hydrogen) atoms. The van der Waals surface area contributed by atoms with Gasteiger partial charge in [-0.2, -0.15) is 0 Å². The zero-order chi connectivity index (χ0) is 19.1. The second kappa shape index (κ2) is 9.39. The minimum atomic E-state index is -0.0589. The summed E-state index contributed by atoms with van der Waals surface area (Å²) < 4.78 is 0. The predicted octanol–water partition coefficient (Wildman–Crippen LogP) is 4.06. The maximum absolute atomic E-state index is 12.1. The number of hydrogen-bond acceptors (Lipinski definition) is 2. The molecule has 5 heteroatoms. The van der Waals surface area contributed by atoms with Crippen molar-refractivity contribution in [2.45, 2.75) is 33.6 Å². The third kappa shape index (κ3) is 5.60. The number of para-hydroxylation sites is 1. The molecular formula is C21H25ClN2O2. The first-order valence-corrected chi connectivity index (χ1v) is 9.11. The van der Waals surface area contributed by atoms with Gasteiger partial charge in [0.2, 0.25) is 11.8 Å². The molecule has 0 bridgehead atoms. The summed E-state index contributed by atoms with van der Waals surface area (Å²) in [5, 5.41) is 3.61. The standard InChI is InChI=1S/C21H25ClN2O2/c1-15-5-4-6-16(2)21(15)24(17(3)25)14-12-20(26)23-13-11-18-7-9-19(22)10-8-18/h4-10H,11-14H2,1-3H3,(H,23,26). The molecule has 4 nitrogen and oxygen atoms in total. The lowest BCUT2D eigenvalue weighted by Gasteiger charge is -2.25. The van der Waals surface area contributed by atoms with Gasteiger partial charge >= 0.3 is 0 Å². The van der Waals surface area contributed by atoms with Crippen molar-refractivity contribution in [1.82, 2.24) is 5.32 Å². The van der Waals surface area contributed by atoms with Gasteiger partial charge in [-0.3, -0.25) is 9.59 Å². The molecule has 0 unspecified atom stereocenters. The molecule has 0 aromatic heterocycles. The van der Waals surface area contributed by atoms with Crippen molar-refractivity contribution in [2.75, 3.05) is 18.0 Å². The molecule has 0 fully saturated rings. The van der Waals surface area contributed by atoms with E-state index in [-0.39, 0.29) is 18.2 Å². The summed E-state index contributed by atoms with van der Waals surface area (Å²) in [5.74, 6) is -0.118. The fraction of sp³-hybridized carbons (Fsp3) is 0.333. The van der Waals surface area contributed by atoms with Gasteiger partial charge in [0.25, 0.3) is 0 Å². The molecule has 0 aliphatic heterocycles. The van der Waals surface area contributed by atoms with Gasteiger partial charge in [0, 0.05) is 37.1 Å². The van der Waals surface area contributed by atoms with E-state index in [1.807, 2.05) is 56.3 Å². The van der Waals surface area contributed by atoms with Gasteiger partial charge in [-0.05, 0) is 49.1 Å². The third-order valence-corrected chi connectivity index (χ3v) is 4.55. The summed E-state index contributed by atoms with van der Waals surface area (Å²) >= 11 is 5.86. The van der Waals surface area contributed by atoms with Crippen LogP contribution >= 0.6 is 11.6 Å². The van der Waals surface area contributed by atoms with Gasteiger partial charge in [0.1, 0.15) is 0 Å². The van der Waals surface area contributed by atoms with Crippen LogP contribution in [0.2, 0.25) is 5.02 Å². The molecule has 2 aromatic rings. The molecule has 0 aliphatic rings. The highest BCUT2D eigenvalue weighted by Gasteiger charge is 2.17. The Bertz CT molecular complexity index is 752. The highest BCUT2D eigenvalue weighted by molar-refractivity contribution is 6.30. The van der Waals surface area contributed by atoms with Gasteiger partial charge in [0.05, 0.1) is 0 Å². The van der Waals surface area contributed by atoms with Gasteiger partial charge in [-0.1, -0.05) is 41.9 Å². The number of amides is 2. The number of benzene rings is 2. The number of anilines is 1. The molecule has 138 valence electrons. The number of nitrogens with one attached hydrogen (secondary N) is 1. The van der Waals surface area contributed by atoms with E-state index < -0.39 is 0 Å². The van der Waals surface area contributed by atoms with Crippen LogP contribution in [0.15, 0.2) is 42.5 Å². The first-order valence-electron chi connectivity index (χ1n) is 8.74. The van der Waals surface area contributed by atoms with Crippen molar-refractivity contribution in [1.29, 1.82) is 0 Å². The average Bonchev–Trinajstić information content (AvgIpc) is 2.59. The summed E-state index contributed by atoms with van der Waals surface area (Å²) in [4.78, 5) is 25.9. The first kappa shape index (κ1) is 20.0. The fourth-order valence-corrected chi connectivity index (χ4v) is 3.08. The minimum absolute atomic E-state index is 0.0588. The zero-order valence-electron chi connectivity index (χ0n) is 15.5. The minimum Gasteiger partial charge on any atom is -0.356 e. The second-order valence-electron chi connectivity index (χ2n) is 6.39. The lowest BCUT2D eigenvalue weighted by Crippen LogP contribution is -2.35. The molecule has 0 radical (unpaired) electrons. The predicted molar refractivity (Wildman–Crippen MR) is 107 cm³/mol. The van der Waals surface area contributed by atoms with Crippen molar-refractivity contribution < 1.29 is 9.59 Å². The molecule has 0 saturated heterocycles.